The number of halogens is 2. The van der Waals surface area contributed by atoms with E-state index in [1.807, 2.05) is 30.3 Å². The van der Waals surface area contributed by atoms with E-state index in [9.17, 15) is 0 Å². The van der Waals surface area contributed by atoms with Crippen molar-refractivity contribution < 1.29 is 4.74 Å². The molecule has 0 saturated heterocycles. The van der Waals surface area contributed by atoms with Gasteiger partial charge in [0.1, 0.15) is 11.4 Å². The molecule has 1 atom stereocenters. The zero-order chi connectivity index (χ0) is 13.8. The summed E-state index contributed by atoms with van der Waals surface area (Å²) in [5, 5.41) is 0. The van der Waals surface area contributed by atoms with Crippen molar-refractivity contribution in [3.63, 3.8) is 0 Å². The highest BCUT2D eigenvalue weighted by Gasteiger charge is 2.20. The van der Waals surface area contributed by atoms with Gasteiger partial charge in [-0.1, -0.05) is 37.9 Å². The number of hydrogen-bond acceptors (Lipinski definition) is 4. The minimum Gasteiger partial charge on any atom is -0.495 e. The second kappa shape index (κ2) is 6.47. The summed E-state index contributed by atoms with van der Waals surface area (Å²) in [6.45, 7) is 0. The van der Waals surface area contributed by atoms with Gasteiger partial charge >= 0.3 is 0 Å². The molecule has 6 heteroatoms. The Morgan fingerprint density at radius 1 is 1.32 bits per heavy atom. The molecule has 0 radical (unpaired) electrons. The predicted molar refractivity (Wildman–Crippen MR) is 81.8 cm³/mol. The Bertz CT molecular complexity index is 578. The zero-order valence-corrected chi connectivity index (χ0v) is 13.4. The van der Waals surface area contributed by atoms with E-state index < -0.39 is 0 Å². The smallest absolute Gasteiger partial charge is 0.142 e. The third-order valence-corrected chi connectivity index (χ3v) is 3.91. The Balaban J connectivity index is 2.50. The number of nitrogens with zero attached hydrogens (tertiary/aromatic N) is 1. The van der Waals surface area contributed by atoms with Crippen LogP contribution in [0.3, 0.4) is 0 Å². The molecular weight excluding hydrogens is 374 g/mol. The molecular formula is C13H13Br2N3O. The van der Waals surface area contributed by atoms with Crippen molar-refractivity contribution in [3.05, 3.63) is 56.7 Å². The van der Waals surface area contributed by atoms with Crippen molar-refractivity contribution in [1.29, 1.82) is 0 Å². The molecule has 0 amide bonds. The number of hydrazine groups is 1. The number of nitrogens with one attached hydrogen (secondary N) is 1. The van der Waals surface area contributed by atoms with Crippen LogP contribution in [0.2, 0.25) is 0 Å². The summed E-state index contributed by atoms with van der Waals surface area (Å²) >= 11 is 6.97. The van der Waals surface area contributed by atoms with E-state index in [2.05, 4.69) is 42.3 Å². The Kier molecular flexibility index (Phi) is 4.93. The van der Waals surface area contributed by atoms with Crippen molar-refractivity contribution >= 4 is 31.9 Å². The maximum absolute atomic E-state index is 5.69. The highest BCUT2D eigenvalue weighted by atomic mass is 79.9. The van der Waals surface area contributed by atoms with Crippen LogP contribution in [0.15, 0.2) is 45.5 Å². The molecule has 100 valence electrons. The van der Waals surface area contributed by atoms with Gasteiger partial charge in [0.05, 0.1) is 13.2 Å². The summed E-state index contributed by atoms with van der Waals surface area (Å²) in [6.07, 6.45) is 1.72. The van der Waals surface area contributed by atoms with Crippen molar-refractivity contribution in [2.75, 3.05) is 7.11 Å². The summed E-state index contributed by atoms with van der Waals surface area (Å²) in [7, 11) is 1.62. The normalized spacial score (nSPS) is 12.2. The zero-order valence-electron chi connectivity index (χ0n) is 10.2. The summed E-state index contributed by atoms with van der Waals surface area (Å²) in [5.74, 6) is 6.38. The van der Waals surface area contributed by atoms with Crippen LogP contribution < -0.4 is 16.0 Å². The van der Waals surface area contributed by atoms with E-state index in [0.29, 0.717) is 5.75 Å². The highest BCUT2D eigenvalue weighted by molar-refractivity contribution is 9.11. The van der Waals surface area contributed by atoms with Crippen molar-refractivity contribution in [1.82, 2.24) is 10.4 Å². The third kappa shape index (κ3) is 3.14. The first-order valence-corrected chi connectivity index (χ1v) is 7.16. The van der Waals surface area contributed by atoms with Crippen LogP contribution >= 0.6 is 31.9 Å². The predicted octanol–water partition coefficient (Wildman–Crippen LogP) is 3.17. The molecule has 3 N–H and O–H groups in total. The molecule has 2 rings (SSSR count). The minimum absolute atomic E-state index is 0.251. The van der Waals surface area contributed by atoms with Gasteiger partial charge in [-0.25, -0.2) is 5.43 Å². The molecule has 0 fully saturated rings. The number of hydrogen-bond donors (Lipinski definition) is 2. The van der Waals surface area contributed by atoms with Gasteiger partial charge < -0.3 is 4.74 Å². The van der Waals surface area contributed by atoms with Crippen molar-refractivity contribution in [3.8, 4) is 5.75 Å². The van der Waals surface area contributed by atoms with Crippen LogP contribution in [0.1, 0.15) is 17.3 Å². The van der Waals surface area contributed by atoms with Crippen LogP contribution in [0.25, 0.3) is 0 Å². The number of pyridine rings is 1. The van der Waals surface area contributed by atoms with Gasteiger partial charge in [0, 0.05) is 15.1 Å². The van der Waals surface area contributed by atoms with Crippen LogP contribution in [0.4, 0.5) is 0 Å². The fraction of sp³-hybridized carbons (Fsp3) is 0.154. The molecule has 0 aliphatic heterocycles. The SMILES string of the molecule is COc1cccnc1C(NN)c1ccc(Br)cc1Br. The second-order valence-electron chi connectivity index (χ2n) is 3.86. The first kappa shape index (κ1) is 14.5. The van der Waals surface area contributed by atoms with Gasteiger partial charge in [-0.2, -0.15) is 0 Å². The van der Waals surface area contributed by atoms with E-state index in [1.54, 1.807) is 13.3 Å². The summed E-state index contributed by atoms with van der Waals surface area (Å²) in [5.41, 5.74) is 4.52. The second-order valence-corrected chi connectivity index (χ2v) is 5.63. The van der Waals surface area contributed by atoms with Crippen molar-refractivity contribution in [2.45, 2.75) is 6.04 Å². The molecule has 1 unspecified atom stereocenters. The summed E-state index contributed by atoms with van der Waals surface area (Å²) in [6, 6.07) is 9.34. The van der Waals surface area contributed by atoms with Gasteiger partial charge in [-0.3, -0.25) is 10.8 Å². The van der Waals surface area contributed by atoms with Gasteiger partial charge in [0.25, 0.3) is 0 Å². The van der Waals surface area contributed by atoms with Crippen molar-refractivity contribution in [2.24, 2.45) is 5.84 Å². The molecule has 19 heavy (non-hydrogen) atoms. The topological polar surface area (TPSA) is 60.2 Å². The van der Waals surface area contributed by atoms with Crippen LogP contribution in [0, 0.1) is 0 Å². The fourth-order valence-electron chi connectivity index (χ4n) is 1.84. The Labute approximate surface area is 128 Å². The molecule has 0 spiro atoms. The quantitative estimate of drug-likeness (QED) is 0.625. The molecule has 0 bridgehead atoms. The van der Waals surface area contributed by atoms with Crippen LogP contribution in [-0.2, 0) is 0 Å². The molecule has 1 aromatic carbocycles. The first-order valence-electron chi connectivity index (χ1n) is 5.57. The lowest BCUT2D eigenvalue weighted by molar-refractivity contribution is 0.400. The van der Waals surface area contributed by atoms with Gasteiger partial charge in [0.2, 0.25) is 0 Å². The highest BCUT2D eigenvalue weighted by Crippen LogP contribution is 2.33. The molecule has 4 nitrogen and oxygen atoms in total. The number of rotatable bonds is 4. The molecule has 0 saturated carbocycles. The van der Waals surface area contributed by atoms with Crippen LogP contribution in [-0.4, -0.2) is 12.1 Å². The number of benzene rings is 1. The lowest BCUT2D eigenvalue weighted by Gasteiger charge is -2.19. The van der Waals surface area contributed by atoms with E-state index in [1.165, 1.54) is 0 Å². The van der Waals surface area contributed by atoms with E-state index >= 15 is 0 Å². The largest absolute Gasteiger partial charge is 0.495 e. The van der Waals surface area contributed by atoms with Gasteiger partial charge in [0.15, 0.2) is 0 Å². The maximum atomic E-state index is 5.69. The summed E-state index contributed by atoms with van der Waals surface area (Å²) < 4.78 is 7.27. The monoisotopic (exact) mass is 385 g/mol. The average molecular weight is 387 g/mol. The number of aromatic nitrogens is 1. The molecule has 2 aromatic rings. The Morgan fingerprint density at radius 2 is 2.11 bits per heavy atom. The van der Waals surface area contributed by atoms with E-state index in [4.69, 9.17) is 10.6 Å². The van der Waals surface area contributed by atoms with E-state index in [-0.39, 0.29) is 6.04 Å². The average Bonchev–Trinajstić information content (AvgIpc) is 2.42. The molecule has 1 heterocycles. The number of ether oxygens (including phenoxy) is 1. The fourth-order valence-corrected chi connectivity index (χ4v) is 3.12. The van der Waals surface area contributed by atoms with Gasteiger partial charge in [-0.15, -0.1) is 0 Å². The Hall–Kier alpha value is -0.950. The third-order valence-electron chi connectivity index (χ3n) is 2.73. The maximum Gasteiger partial charge on any atom is 0.142 e. The lowest BCUT2D eigenvalue weighted by Crippen LogP contribution is -2.30. The van der Waals surface area contributed by atoms with E-state index in [0.717, 1.165) is 20.2 Å². The van der Waals surface area contributed by atoms with Crippen LogP contribution in [0.5, 0.6) is 5.75 Å². The summed E-state index contributed by atoms with van der Waals surface area (Å²) in [4.78, 5) is 4.36. The Morgan fingerprint density at radius 3 is 2.74 bits per heavy atom. The molecule has 1 aromatic heterocycles. The molecule has 0 aliphatic rings. The van der Waals surface area contributed by atoms with Gasteiger partial charge in [-0.05, 0) is 29.8 Å². The molecule has 0 aliphatic carbocycles. The minimum atomic E-state index is -0.251. The first-order chi connectivity index (χ1) is 9.17. The lowest BCUT2D eigenvalue weighted by atomic mass is 10.0. The number of nitrogens with two attached hydrogens (primary N) is 1. The number of methoxy groups -OCH3 is 1. The standard InChI is InChI=1S/C13H13Br2N3O/c1-19-11-3-2-6-17-13(11)12(18-16)9-5-4-8(14)7-10(9)15/h2-7,12,18H,16H2,1H3.